The van der Waals surface area contributed by atoms with Gasteiger partial charge in [-0.3, -0.25) is 0 Å². The minimum atomic E-state index is 0.505. The van der Waals surface area contributed by atoms with Gasteiger partial charge in [0.15, 0.2) is 4.77 Å². The number of fused-ring (bicyclic) bond motifs is 1. The van der Waals surface area contributed by atoms with Crippen LogP contribution in [0.5, 0.6) is 0 Å². The van der Waals surface area contributed by atoms with Gasteiger partial charge in [-0.05, 0) is 37.2 Å². The molecule has 0 spiro atoms. The summed E-state index contributed by atoms with van der Waals surface area (Å²) in [6.07, 6.45) is 4.93. The fourth-order valence-corrected chi connectivity index (χ4v) is 3.12. The smallest absolute Gasteiger partial charge is 0.178 e. The molecule has 0 radical (unpaired) electrons. The Hall–Kier alpha value is -1.60. The van der Waals surface area contributed by atoms with E-state index in [9.17, 15) is 0 Å². The zero-order valence-electron chi connectivity index (χ0n) is 9.44. The lowest BCUT2D eigenvalue weighted by Crippen LogP contribution is -2.04. The number of hydrogen-bond donors (Lipinski definition) is 1. The van der Waals surface area contributed by atoms with Crippen LogP contribution >= 0.6 is 12.2 Å². The summed E-state index contributed by atoms with van der Waals surface area (Å²) >= 11 is 5.40. The number of rotatable bonds is 1. The molecule has 2 aromatic rings. The molecule has 0 unspecified atom stereocenters. The second-order valence-electron chi connectivity index (χ2n) is 4.55. The van der Waals surface area contributed by atoms with Crippen molar-refractivity contribution in [1.82, 2.24) is 9.55 Å². The number of hydrogen-bond acceptors (Lipinski definition) is 2. The number of nitriles is 1. The molecular formula is C13H13N3S. The van der Waals surface area contributed by atoms with Crippen molar-refractivity contribution < 1.29 is 0 Å². The molecule has 1 aromatic heterocycles. The van der Waals surface area contributed by atoms with Gasteiger partial charge < -0.3 is 9.55 Å². The van der Waals surface area contributed by atoms with Crippen LogP contribution in [-0.4, -0.2) is 9.55 Å². The maximum Gasteiger partial charge on any atom is 0.178 e. The Morgan fingerprint density at radius 1 is 1.35 bits per heavy atom. The summed E-state index contributed by atoms with van der Waals surface area (Å²) in [7, 11) is 0. The van der Waals surface area contributed by atoms with E-state index in [4.69, 9.17) is 17.5 Å². The first-order valence-corrected chi connectivity index (χ1v) is 6.35. The number of aromatic nitrogens is 2. The minimum Gasteiger partial charge on any atom is -0.329 e. The van der Waals surface area contributed by atoms with Crippen molar-refractivity contribution in [2.24, 2.45) is 0 Å². The molecule has 1 N–H and O–H groups in total. The lowest BCUT2D eigenvalue weighted by atomic mass is 10.2. The van der Waals surface area contributed by atoms with Gasteiger partial charge in [0.25, 0.3) is 0 Å². The monoisotopic (exact) mass is 243 g/mol. The molecule has 1 aliphatic carbocycles. The molecule has 0 amide bonds. The normalized spacial score (nSPS) is 16.4. The van der Waals surface area contributed by atoms with Crippen molar-refractivity contribution in [2.75, 3.05) is 0 Å². The third-order valence-electron chi connectivity index (χ3n) is 3.56. The molecule has 1 aromatic carbocycles. The van der Waals surface area contributed by atoms with E-state index in [1.807, 2.05) is 18.2 Å². The lowest BCUT2D eigenvalue weighted by Gasteiger charge is -2.12. The highest BCUT2D eigenvalue weighted by Gasteiger charge is 2.20. The number of benzene rings is 1. The van der Waals surface area contributed by atoms with E-state index in [1.54, 1.807) is 0 Å². The van der Waals surface area contributed by atoms with Crippen LogP contribution in [0.2, 0.25) is 0 Å². The van der Waals surface area contributed by atoms with Gasteiger partial charge in [-0.15, -0.1) is 0 Å². The average Bonchev–Trinajstić information content (AvgIpc) is 2.93. The largest absolute Gasteiger partial charge is 0.329 e. The number of para-hydroxylation sites is 1. The summed E-state index contributed by atoms with van der Waals surface area (Å²) in [5.74, 6) is 0. The zero-order chi connectivity index (χ0) is 11.8. The Labute approximate surface area is 105 Å². The molecule has 3 rings (SSSR count). The predicted molar refractivity (Wildman–Crippen MR) is 69.3 cm³/mol. The third-order valence-corrected chi connectivity index (χ3v) is 3.86. The quantitative estimate of drug-likeness (QED) is 0.776. The van der Waals surface area contributed by atoms with E-state index >= 15 is 0 Å². The van der Waals surface area contributed by atoms with E-state index in [2.05, 4.69) is 15.6 Å². The van der Waals surface area contributed by atoms with E-state index in [0.29, 0.717) is 11.6 Å². The van der Waals surface area contributed by atoms with Gasteiger partial charge in [-0.25, -0.2) is 0 Å². The molecule has 1 fully saturated rings. The Bertz CT molecular complexity index is 653. The highest BCUT2D eigenvalue weighted by atomic mass is 32.1. The fourth-order valence-electron chi connectivity index (χ4n) is 2.77. The Kier molecular flexibility index (Phi) is 2.49. The van der Waals surface area contributed by atoms with Crippen LogP contribution < -0.4 is 0 Å². The van der Waals surface area contributed by atoms with Crippen LogP contribution in [0.15, 0.2) is 18.2 Å². The second-order valence-corrected chi connectivity index (χ2v) is 4.94. The molecule has 0 aliphatic heterocycles. The van der Waals surface area contributed by atoms with Crippen LogP contribution in [0.4, 0.5) is 0 Å². The number of imidazole rings is 1. The van der Waals surface area contributed by atoms with Gasteiger partial charge in [-0.1, -0.05) is 18.9 Å². The first-order chi connectivity index (χ1) is 8.31. The van der Waals surface area contributed by atoms with E-state index in [0.717, 1.165) is 15.8 Å². The summed E-state index contributed by atoms with van der Waals surface area (Å²) in [6.45, 7) is 0. The summed E-state index contributed by atoms with van der Waals surface area (Å²) in [5.41, 5.74) is 2.62. The summed E-state index contributed by atoms with van der Waals surface area (Å²) < 4.78 is 2.94. The maximum atomic E-state index is 9.09. The predicted octanol–water partition coefficient (Wildman–Crippen LogP) is 3.69. The second kappa shape index (κ2) is 4.01. The zero-order valence-corrected chi connectivity index (χ0v) is 10.3. The first-order valence-electron chi connectivity index (χ1n) is 5.94. The molecule has 0 saturated heterocycles. The molecule has 0 atom stereocenters. The molecule has 1 aliphatic rings. The van der Waals surface area contributed by atoms with Gasteiger partial charge >= 0.3 is 0 Å². The van der Waals surface area contributed by atoms with Gasteiger partial charge in [0.05, 0.1) is 16.6 Å². The lowest BCUT2D eigenvalue weighted by molar-refractivity contribution is 0.526. The van der Waals surface area contributed by atoms with Crippen molar-refractivity contribution >= 4 is 23.3 Å². The van der Waals surface area contributed by atoms with E-state index in [1.165, 1.54) is 25.7 Å². The van der Waals surface area contributed by atoms with Crippen molar-refractivity contribution in [2.45, 2.75) is 31.7 Å². The topological polar surface area (TPSA) is 44.5 Å². The van der Waals surface area contributed by atoms with E-state index < -0.39 is 0 Å². The van der Waals surface area contributed by atoms with Gasteiger partial charge in [0.1, 0.15) is 6.07 Å². The van der Waals surface area contributed by atoms with Crippen molar-refractivity contribution in [3.8, 4) is 6.07 Å². The van der Waals surface area contributed by atoms with Gasteiger partial charge in [0.2, 0.25) is 0 Å². The SMILES string of the molecule is N#Cc1cccc2c1[nH]c(=S)n2C1CCCC1. The highest BCUT2D eigenvalue weighted by Crippen LogP contribution is 2.33. The van der Waals surface area contributed by atoms with Crippen LogP contribution in [0, 0.1) is 16.1 Å². The Morgan fingerprint density at radius 2 is 2.12 bits per heavy atom. The molecule has 17 heavy (non-hydrogen) atoms. The van der Waals surface area contributed by atoms with Crippen LogP contribution in [0.3, 0.4) is 0 Å². The van der Waals surface area contributed by atoms with Crippen LogP contribution in [-0.2, 0) is 0 Å². The Morgan fingerprint density at radius 3 is 2.82 bits per heavy atom. The standard InChI is InChI=1S/C13H13N3S/c14-8-9-4-3-7-11-12(9)15-13(17)16(11)10-5-1-2-6-10/h3-4,7,10H,1-2,5-6H2,(H,15,17). The summed E-state index contributed by atoms with van der Waals surface area (Å²) in [6, 6.07) is 8.51. The van der Waals surface area contributed by atoms with Gasteiger partial charge in [0, 0.05) is 6.04 Å². The van der Waals surface area contributed by atoms with Crippen molar-refractivity contribution in [3.63, 3.8) is 0 Å². The van der Waals surface area contributed by atoms with E-state index in [-0.39, 0.29) is 0 Å². The number of nitrogens with one attached hydrogen (secondary N) is 1. The molecule has 86 valence electrons. The summed E-state index contributed by atoms with van der Waals surface area (Å²) in [5, 5.41) is 9.09. The molecule has 0 bridgehead atoms. The molecule has 1 heterocycles. The molecule has 1 saturated carbocycles. The van der Waals surface area contributed by atoms with Crippen LogP contribution in [0.25, 0.3) is 11.0 Å². The average molecular weight is 243 g/mol. The number of H-pyrrole nitrogens is 1. The van der Waals surface area contributed by atoms with Crippen molar-refractivity contribution in [1.29, 1.82) is 5.26 Å². The number of nitrogens with zero attached hydrogens (tertiary/aromatic N) is 2. The fraction of sp³-hybridized carbons (Fsp3) is 0.385. The van der Waals surface area contributed by atoms with Crippen LogP contribution in [0.1, 0.15) is 37.3 Å². The van der Waals surface area contributed by atoms with Crippen molar-refractivity contribution in [3.05, 3.63) is 28.5 Å². The molecular weight excluding hydrogens is 230 g/mol. The highest BCUT2D eigenvalue weighted by molar-refractivity contribution is 7.71. The minimum absolute atomic E-state index is 0.505. The molecule has 3 nitrogen and oxygen atoms in total. The molecule has 4 heteroatoms. The number of aromatic amines is 1. The third kappa shape index (κ3) is 1.58. The summed E-state index contributed by atoms with van der Waals surface area (Å²) in [4.78, 5) is 3.18. The van der Waals surface area contributed by atoms with Gasteiger partial charge in [-0.2, -0.15) is 5.26 Å². The maximum absolute atomic E-state index is 9.09. The first kappa shape index (κ1) is 10.5. The Balaban J connectivity index is 2.28.